The number of anilines is 1. The van der Waals surface area contributed by atoms with Crippen molar-refractivity contribution in [3.05, 3.63) is 53.9 Å². The normalized spacial score (nSPS) is 10.7. The van der Waals surface area contributed by atoms with Crippen molar-refractivity contribution in [2.45, 2.75) is 0 Å². The first-order chi connectivity index (χ1) is 9.54. The van der Waals surface area contributed by atoms with Crippen molar-refractivity contribution in [1.29, 1.82) is 0 Å². The number of aryl methyl sites for hydroxylation is 1. The fourth-order valence-electron chi connectivity index (χ4n) is 1.63. The molecule has 0 aliphatic heterocycles. The van der Waals surface area contributed by atoms with E-state index in [9.17, 15) is 9.59 Å². The molecule has 6 nitrogen and oxygen atoms in total. The number of carboxylic acids is 1. The van der Waals surface area contributed by atoms with Gasteiger partial charge in [0.2, 0.25) is 0 Å². The number of carbonyl (C=O) groups excluding carboxylic acids is 1. The van der Waals surface area contributed by atoms with E-state index in [0.717, 1.165) is 6.08 Å². The summed E-state index contributed by atoms with van der Waals surface area (Å²) >= 11 is 0. The third-order valence-corrected chi connectivity index (χ3v) is 2.53. The van der Waals surface area contributed by atoms with Gasteiger partial charge in [0, 0.05) is 25.0 Å². The molecular weight excluding hydrogens is 258 g/mol. The lowest BCUT2D eigenvalue weighted by atomic mass is 10.2. The number of carbonyl (C=O) groups is 2. The average Bonchev–Trinajstić information content (AvgIpc) is 2.84. The van der Waals surface area contributed by atoms with E-state index in [4.69, 9.17) is 5.11 Å². The second-order valence-corrected chi connectivity index (χ2v) is 4.15. The van der Waals surface area contributed by atoms with Crippen molar-refractivity contribution < 1.29 is 14.7 Å². The van der Waals surface area contributed by atoms with Gasteiger partial charge >= 0.3 is 5.97 Å². The lowest BCUT2D eigenvalue weighted by Gasteiger charge is -2.04. The van der Waals surface area contributed by atoms with Crippen LogP contribution in [0.5, 0.6) is 0 Å². The molecule has 1 aromatic carbocycles. The van der Waals surface area contributed by atoms with Crippen LogP contribution in [0, 0.1) is 0 Å². The van der Waals surface area contributed by atoms with Gasteiger partial charge in [-0.3, -0.25) is 9.48 Å². The third kappa shape index (κ3) is 3.55. The Morgan fingerprint density at radius 3 is 2.85 bits per heavy atom. The van der Waals surface area contributed by atoms with Crippen LogP contribution in [-0.4, -0.2) is 26.8 Å². The molecule has 0 saturated heterocycles. The summed E-state index contributed by atoms with van der Waals surface area (Å²) in [5.74, 6) is -1.28. The van der Waals surface area contributed by atoms with Gasteiger partial charge < -0.3 is 10.4 Å². The monoisotopic (exact) mass is 271 g/mol. The quantitative estimate of drug-likeness (QED) is 0.830. The first-order valence-electron chi connectivity index (χ1n) is 5.85. The van der Waals surface area contributed by atoms with Crippen LogP contribution in [0.4, 0.5) is 5.69 Å². The highest BCUT2D eigenvalue weighted by molar-refractivity contribution is 6.04. The minimum Gasteiger partial charge on any atom is -0.478 e. The fourth-order valence-corrected chi connectivity index (χ4v) is 1.63. The number of amides is 1. The molecule has 102 valence electrons. The summed E-state index contributed by atoms with van der Waals surface area (Å²) in [7, 11) is 1.73. The van der Waals surface area contributed by atoms with E-state index in [2.05, 4.69) is 10.4 Å². The smallest absolute Gasteiger partial charge is 0.328 e. The van der Waals surface area contributed by atoms with E-state index in [1.54, 1.807) is 42.2 Å². The molecule has 1 amide bonds. The summed E-state index contributed by atoms with van der Waals surface area (Å²) in [5, 5.41) is 15.2. The summed E-state index contributed by atoms with van der Waals surface area (Å²) in [5.41, 5.74) is 1.74. The Balaban J connectivity index is 2.11. The van der Waals surface area contributed by atoms with Crippen LogP contribution in [0.15, 0.2) is 42.7 Å². The number of aliphatic carboxylic acids is 1. The summed E-state index contributed by atoms with van der Waals surface area (Å²) in [6.07, 6.45) is 5.59. The predicted octanol–water partition coefficient (Wildman–Crippen LogP) is 1.77. The van der Waals surface area contributed by atoms with Gasteiger partial charge in [0.25, 0.3) is 5.91 Å². The van der Waals surface area contributed by atoms with Crippen LogP contribution in [0.1, 0.15) is 15.9 Å². The van der Waals surface area contributed by atoms with Gasteiger partial charge in [0.15, 0.2) is 0 Å². The number of hydrogen-bond acceptors (Lipinski definition) is 3. The van der Waals surface area contributed by atoms with Crippen LogP contribution < -0.4 is 5.32 Å². The number of nitrogens with zero attached hydrogens (tertiary/aromatic N) is 2. The Morgan fingerprint density at radius 1 is 1.40 bits per heavy atom. The maximum Gasteiger partial charge on any atom is 0.328 e. The molecule has 0 atom stereocenters. The molecule has 2 N–H and O–H groups in total. The number of aromatic nitrogens is 2. The van der Waals surface area contributed by atoms with E-state index in [1.165, 1.54) is 12.3 Å². The molecule has 0 saturated carbocycles. The molecule has 0 bridgehead atoms. The van der Waals surface area contributed by atoms with E-state index in [0.29, 0.717) is 16.8 Å². The Morgan fingerprint density at radius 2 is 2.20 bits per heavy atom. The molecule has 2 aromatic rings. The molecule has 0 spiro atoms. The Bertz CT molecular complexity index is 674. The second kappa shape index (κ2) is 5.83. The predicted molar refractivity (Wildman–Crippen MR) is 74.3 cm³/mol. The van der Waals surface area contributed by atoms with E-state index < -0.39 is 5.97 Å². The molecule has 0 aliphatic carbocycles. The summed E-state index contributed by atoms with van der Waals surface area (Å²) < 4.78 is 1.54. The molecule has 0 fully saturated rings. The van der Waals surface area contributed by atoms with Crippen molar-refractivity contribution >= 4 is 23.6 Å². The van der Waals surface area contributed by atoms with Gasteiger partial charge in [0.1, 0.15) is 0 Å². The number of rotatable bonds is 4. The van der Waals surface area contributed by atoms with Crippen molar-refractivity contribution in [3.8, 4) is 0 Å². The molecule has 1 heterocycles. The SMILES string of the molecule is Cn1cc(C(=O)Nc2cccc(/C=C/C(=O)O)c2)cn1. The highest BCUT2D eigenvalue weighted by Gasteiger charge is 2.07. The largest absolute Gasteiger partial charge is 0.478 e. The minimum absolute atomic E-state index is 0.266. The maximum absolute atomic E-state index is 11.9. The number of carboxylic acid groups (broad SMARTS) is 1. The number of nitrogens with one attached hydrogen (secondary N) is 1. The third-order valence-electron chi connectivity index (χ3n) is 2.53. The lowest BCUT2D eigenvalue weighted by Crippen LogP contribution is -2.11. The van der Waals surface area contributed by atoms with Crippen molar-refractivity contribution in [1.82, 2.24) is 9.78 Å². The van der Waals surface area contributed by atoms with Gasteiger partial charge in [-0.1, -0.05) is 12.1 Å². The van der Waals surface area contributed by atoms with Crippen LogP contribution in [0.2, 0.25) is 0 Å². The van der Waals surface area contributed by atoms with Crippen LogP contribution in [0.25, 0.3) is 6.08 Å². The molecule has 20 heavy (non-hydrogen) atoms. The summed E-state index contributed by atoms with van der Waals surface area (Å²) in [6, 6.07) is 6.90. The van der Waals surface area contributed by atoms with Gasteiger partial charge in [-0.2, -0.15) is 5.10 Å². The van der Waals surface area contributed by atoms with Crippen molar-refractivity contribution in [3.63, 3.8) is 0 Å². The molecular formula is C14H13N3O3. The fraction of sp³-hybridized carbons (Fsp3) is 0.0714. The zero-order chi connectivity index (χ0) is 14.5. The van der Waals surface area contributed by atoms with Crippen LogP contribution in [-0.2, 0) is 11.8 Å². The molecule has 0 unspecified atom stereocenters. The average molecular weight is 271 g/mol. The first-order valence-corrected chi connectivity index (χ1v) is 5.85. The van der Waals surface area contributed by atoms with Crippen molar-refractivity contribution in [2.24, 2.45) is 7.05 Å². The second-order valence-electron chi connectivity index (χ2n) is 4.15. The first kappa shape index (κ1) is 13.5. The zero-order valence-corrected chi connectivity index (χ0v) is 10.8. The lowest BCUT2D eigenvalue weighted by molar-refractivity contribution is -0.131. The van der Waals surface area contributed by atoms with Gasteiger partial charge in [-0.05, 0) is 23.8 Å². The van der Waals surface area contributed by atoms with E-state index >= 15 is 0 Å². The Kier molecular flexibility index (Phi) is 3.95. The molecule has 1 aromatic heterocycles. The summed E-state index contributed by atoms with van der Waals surface area (Å²) in [4.78, 5) is 22.4. The molecule has 0 aliphatic rings. The number of hydrogen-bond donors (Lipinski definition) is 2. The molecule has 2 rings (SSSR count). The Hall–Kier alpha value is -2.89. The van der Waals surface area contributed by atoms with Crippen LogP contribution in [0.3, 0.4) is 0 Å². The molecule has 6 heteroatoms. The van der Waals surface area contributed by atoms with Crippen molar-refractivity contribution in [2.75, 3.05) is 5.32 Å². The number of benzene rings is 1. The van der Waals surface area contributed by atoms with Crippen LogP contribution >= 0.6 is 0 Å². The van der Waals surface area contributed by atoms with Gasteiger partial charge in [-0.15, -0.1) is 0 Å². The highest BCUT2D eigenvalue weighted by Crippen LogP contribution is 2.13. The summed E-state index contributed by atoms with van der Waals surface area (Å²) in [6.45, 7) is 0. The van der Waals surface area contributed by atoms with Gasteiger partial charge in [-0.25, -0.2) is 4.79 Å². The standard InChI is InChI=1S/C14H13N3O3/c1-17-9-11(8-15-17)14(20)16-12-4-2-3-10(7-12)5-6-13(18)19/h2-9H,1H3,(H,16,20)(H,18,19)/b6-5+. The highest BCUT2D eigenvalue weighted by atomic mass is 16.4. The minimum atomic E-state index is -1.02. The maximum atomic E-state index is 11.9. The van der Waals surface area contributed by atoms with E-state index in [-0.39, 0.29) is 5.91 Å². The molecule has 0 radical (unpaired) electrons. The zero-order valence-electron chi connectivity index (χ0n) is 10.8. The van der Waals surface area contributed by atoms with E-state index in [1.807, 2.05) is 0 Å². The Labute approximate surface area is 115 Å². The van der Waals surface area contributed by atoms with Gasteiger partial charge in [0.05, 0.1) is 11.8 Å². The topological polar surface area (TPSA) is 84.2 Å².